The van der Waals surface area contributed by atoms with Crippen LogP contribution in [0.3, 0.4) is 0 Å². The van der Waals surface area contributed by atoms with E-state index in [0.29, 0.717) is 6.61 Å². The number of Topliss-reactive ketones (excluding diaryl/α,β-unsaturated/α-hetero) is 1. The second kappa shape index (κ2) is 13.5. The third kappa shape index (κ3) is 11.2. The quantitative estimate of drug-likeness (QED) is 0.114. The highest BCUT2D eigenvalue weighted by molar-refractivity contribution is 6.76. The third-order valence-electron chi connectivity index (χ3n) is 9.05. The van der Waals surface area contributed by atoms with Crippen molar-refractivity contribution in [3.05, 3.63) is 0 Å². The van der Waals surface area contributed by atoms with E-state index in [-0.39, 0.29) is 34.2 Å². The monoisotopic (exact) mass is 598 g/mol. The Morgan fingerprint density at radius 2 is 1.23 bits per heavy atom. The van der Waals surface area contributed by atoms with E-state index >= 15 is 0 Å². The van der Waals surface area contributed by atoms with Crippen LogP contribution in [0.25, 0.3) is 0 Å². The second-order valence-corrected chi connectivity index (χ2v) is 31.4. The van der Waals surface area contributed by atoms with E-state index in [0.717, 1.165) is 6.04 Å². The Hall–Kier alpha value is -0.729. The summed E-state index contributed by atoms with van der Waals surface area (Å²) >= 11 is 0. The molecular formula is C31H62O5Si3. The fraction of sp³-hybridized carbons (Fsp3) is 0.871. The highest BCUT2D eigenvalue weighted by Gasteiger charge is 2.50. The number of esters is 1. The summed E-state index contributed by atoms with van der Waals surface area (Å²) in [5, 5.41) is -0.102. The Kier molecular flexibility index (Phi) is 13.2. The molecule has 0 N–H and O–H groups in total. The van der Waals surface area contributed by atoms with Gasteiger partial charge in [0, 0.05) is 25.3 Å². The predicted molar refractivity (Wildman–Crippen MR) is 174 cm³/mol. The highest BCUT2D eigenvalue weighted by Crippen LogP contribution is 2.43. The third-order valence-corrected chi connectivity index (χ3v) is 19.7. The SMILES string of the molecule is C#C[C@H](C)[C@H](O[Si](C)(C)C(C)(C)C)[C@@H](C)C(=O)C(C)(C)[C@H](CC(=O)OCC[Si](C)(C)C)O[Si](C)(C)C(C)(C)C. The van der Waals surface area contributed by atoms with Crippen LogP contribution >= 0.6 is 0 Å². The number of rotatable bonds is 14. The van der Waals surface area contributed by atoms with Gasteiger partial charge in [-0.3, -0.25) is 9.59 Å². The molecule has 0 aromatic rings. The predicted octanol–water partition coefficient (Wildman–Crippen LogP) is 8.54. The molecule has 0 aromatic heterocycles. The Labute approximate surface area is 245 Å². The zero-order chi connectivity index (χ0) is 31.4. The first-order valence-electron chi connectivity index (χ1n) is 14.6. The van der Waals surface area contributed by atoms with Crippen molar-refractivity contribution in [1.82, 2.24) is 0 Å². The van der Waals surface area contributed by atoms with Gasteiger partial charge in [-0.15, -0.1) is 12.3 Å². The molecule has 0 aliphatic carbocycles. The fourth-order valence-corrected chi connectivity index (χ4v) is 7.40. The number of carbonyl (C=O) groups excluding carboxylic acids is 2. The van der Waals surface area contributed by atoms with Crippen molar-refractivity contribution in [2.24, 2.45) is 17.3 Å². The van der Waals surface area contributed by atoms with Gasteiger partial charge in [-0.2, -0.15) is 0 Å². The Balaban J connectivity index is 6.32. The van der Waals surface area contributed by atoms with Gasteiger partial charge in [0.15, 0.2) is 16.6 Å². The number of hydrogen-bond donors (Lipinski definition) is 0. The molecule has 0 aromatic carbocycles. The summed E-state index contributed by atoms with van der Waals surface area (Å²) in [6.45, 7) is 36.6. The van der Waals surface area contributed by atoms with Crippen molar-refractivity contribution >= 4 is 36.5 Å². The van der Waals surface area contributed by atoms with E-state index in [2.05, 4.69) is 93.3 Å². The zero-order valence-corrected chi connectivity index (χ0v) is 31.5. The molecule has 0 radical (unpaired) electrons. The molecule has 0 amide bonds. The van der Waals surface area contributed by atoms with Crippen LogP contribution in [0.2, 0.25) is 61.9 Å². The van der Waals surface area contributed by atoms with E-state index < -0.39 is 48.2 Å². The highest BCUT2D eigenvalue weighted by atomic mass is 28.4. The van der Waals surface area contributed by atoms with Crippen molar-refractivity contribution in [2.45, 2.75) is 150 Å². The molecule has 8 heteroatoms. The van der Waals surface area contributed by atoms with Crippen molar-refractivity contribution in [3.63, 3.8) is 0 Å². The van der Waals surface area contributed by atoms with E-state index in [1.54, 1.807) is 0 Å². The summed E-state index contributed by atoms with van der Waals surface area (Å²) in [6, 6.07) is 0.905. The molecule has 0 heterocycles. The molecule has 0 spiro atoms. The molecule has 228 valence electrons. The second-order valence-electron chi connectivity index (χ2n) is 16.3. The molecule has 0 fully saturated rings. The van der Waals surface area contributed by atoms with Gasteiger partial charge in [-0.05, 0) is 49.2 Å². The van der Waals surface area contributed by atoms with Gasteiger partial charge in [0.2, 0.25) is 0 Å². The minimum absolute atomic E-state index is 0.00640. The molecule has 39 heavy (non-hydrogen) atoms. The number of ketones is 1. The number of terminal acetylenes is 1. The Morgan fingerprint density at radius 3 is 1.62 bits per heavy atom. The smallest absolute Gasteiger partial charge is 0.308 e. The lowest BCUT2D eigenvalue weighted by Crippen LogP contribution is -2.54. The normalized spacial score (nSPS) is 17.1. The van der Waals surface area contributed by atoms with Crippen molar-refractivity contribution in [2.75, 3.05) is 6.61 Å². The van der Waals surface area contributed by atoms with Crippen LogP contribution < -0.4 is 0 Å². The van der Waals surface area contributed by atoms with E-state index in [1.165, 1.54) is 0 Å². The van der Waals surface area contributed by atoms with Crippen LogP contribution in [0, 0.1) is 29.6 Å². The number of ether oxygens (including phenoxy) is 1. The molecule has 0 aliphatic rings. The molecule has 0 saturated carbocycles. The lowest BCUT2D eigenvalue weighted by molar-refractivity contribution is -0.150. The maximum Gasteiger partial charge on any atom is 0.308 e. The average Bonchev–Trinajstić information content (AvgIpc) is 2.72. The minimum Gasteiger partial charge on any atom is -0.466 e. The average molecular weight is 599 g/mol. The van der Waals surface area contributed by atoms with E-state index in [1.807, 2.05) is 27.7 Å². The molecule has 0 aliphatic heterocycles. The van der Waals surface area contributed by atoms with Crippen molar-refractivity contribution < 1.29 is 23.2 Å². The first kappa shape index (κ1) is 38.3. The molecular weight excluding hydrogens is 537 g/mol. The molecule has 5 nitrogen and oxygen atoms in total. The molecule has 0 bridgehead atoms. The lowest BCUT2D eigenvalue weighted by atomic mass is 9.73. The van der Waals surface area contributed by atoms with Crippen molar-refractivity contribution in [3.8, 4) is 12.3 Å². The van der Waals surface area contributed by atoms with Gasteiger partial charge in [0.1, 0.15) is 5.78 Å². The maximum absolute atomic E-state index is 14.3. The summed E-state index contributed by atoms with van der Waals surface area (Å²) in [7, 11) is -5.86. The van der Waals surface area contributed by atoms with E-state index in [4.69, 9.17) is 20.0 Å². The molecule has 0 unspecified atom stereocenters. The van der Waals surface area contributed by atoms with Gasteiger partial charge >= 0.3 is 5.97 Å². The summed E-state index contributed by atoms with van der Waals surface area (Å²) < 4.78 is 19.3. The standard InChI is InChI=1S/C31H62O5Si3/c1-19-23(2)27(36-39(17,18)30(7,8)9)24(3)28(33)31(10,11)25(35-38(15,16)29(4,5)6)22-26(32)34-20-21-37(12,13)14/h1,23-25,27H,20-22H2,2-18H3/t23-,24+,25-,27-/m0/s1. The largest absolute Gasteiger partial charge is 0.466 e. The summed E-state index contributed by atoms with van der Waals surface area (Å²) in [6.07, 6.45) is 4.90. The number of carbonyl (C=O) groups is 2. The molecule has 0 rings (SSSR count). The van der Waals surface area contributed by atoms with Crippen LogP contribution in [0.5, 0.6) is 0 Å². The van der Waals surface area contributed by atoms with E-state index in [9.17, 15) is 9.59 Å². The van der Waals surface area contributed by atoms with Gasteiger partial charge in [-0.25, -0.2) is 0 Å². The fourth-order valence-electron chi connectivity index (χ4n) is 3.80. The first-order chi connectivity index (χ1) is 17.1. The van der Waals surface area contributed by atoms with Crippen LogP contribution in [-0.4, -0.2) is 55.3 Å². The van der Waals surface area contributed by atoms with Crippen LogP contribution in [-0.2, 0) is 23.2 Å². The zero-order valence-electron chi connectivity index (χ0n) is 28.5. The summed E-state index contributed by atoms with van der Waals surface area (Å²) in [5.74, 6) is 1.83. The van der Waals surface area contributed by atoms with Gasteiger partial charge < -0.3 is 13.6 Å². The van der Waals surface area contributed by atoms with Crippen LogP contribution in [0.4, 0.5) is 0 Å². The Bertz CT molecular complexity index is 867. The lowest BCUT2D eigenvalue weighted by Gasteiger charge is -2.46. The van der Waals surface area contributed by atoms with Crippen molar-refractivity contribution in [1.29, 1.82) is 0 Å². The van der Waals surface area contributed by atoms with Crippen LogP contribution in [0.1, 0.15) is 75.7 Å². The molecule has 4 atom stereocenters. The van der Waals surface area contributed by atoms with Gasteiger partial charge in [-0.1, -0.05) is 82.0 Å². The minimum atomic E-state index is -2.32. The van der Waals surface area contributed by atoms with Gasteiger partial charge in [0.25, 0.3) is 0 Å². The summed E-state index contributed by atoms with van der Waals surface area (Å²) in [4.78, 5) is 27.4. The van der Waals surface area contributed by atoms with Gasteiger partial charge in [0.05, 0.1) is 25.2 Å². The topological polar surface area (TPSA) is 61.8 Å². The summed E-state index contributed by atoms with van der Waals surface area (Å²) in [5.41, 5.74) is -0.948. The maximum atomic E-state index is 14.3. The first-order valence-corrected chi connectivity index (χ1v) is 24.1. The number of hydrogen-bond acceptors (Lipinski definition) is 5. The molecule has 0 saturated heterocycles. The Morgan fingerprint density at radius 1 is 0.795 bits per heavy atom. The van der Waals surface area contributed by atoms with Crippen LogP contribution in [0.15, 0.2) is 0 Å².